The summed E-state index contributed by atoms with van der Waals surface area (Å²) in [6.07, 6.45) is -0.577. The second-order valence-corrected chi connectivity index (χ2v) is 11.3. The minimum absolute atomic E-state index is 0.00610. The second-order valence-electron chi connectivity index (χ2n) is 11.3. The van der Waals surface area contributed by atoms with Gasteiger partial charge in [0.2, 0.25) is 0 Å². The van der Waals surface area contributed by atoms with E-state index in [1.54, 1.807) is 13.0 Å². The minimum Gasteiger partial charge on any atom is -0.480 e. The first-order valence-electron chi connectivity index (χ1n) is 14.0. The van der Waals surface area contributed by atoms with Crippen molar-refractivity contribution < 1.29 is 43.2 Å². The van der Waals surface area contributed by atoms with E-state index in [1.165, 1.54) is 19.1 Å². The van der Waals surface area contributed by atoms with Gasteiger partial charge in [-0.05, 0) is 49.3 Å². The van der Waals surface area contributed by atoms with Crippen LogP contribution in [0, 0.1) is 17.8 Å². The van der Waals surface area contributed by atoms with Crippen LogP contribution < -0.4 is 15.2 Å². The molecule has 0 saturated carbocycles. The lowest BCUT2D eigenvalue weighted by atomic mass is 9.86. The summed E-state index contributed by atoms with van der Waals surface area (Å²) in [5, 5.41) is 9.97. The van der Waals surface area contributed by atoms with Gasteiger partial charge in [0.25, 0.3) is 0 Å². The molecule has 5 atom stereocenters. The smallest absolute Gasteiger partial charge is 0.480 e. The predicted octanol–water partition coefficient (Wildman–Crippen LogP) is 5.67. The minimum atomic E-state index is -1.82. The van der Waals surface area contributed by atoms with Crippen LogP contribution in [-0.2, 0) is 30.3 Å². The molecule has 0 aliphatic carbocycles. The largest absolute Gasteiger partial charge is 0.508 e. The molecule has 40 heavy (non-hydrogen) atoms. The Labute approximate surface area is 237 Å². The van der Waals surface area contributed by atoms with Crippen LogP contribution in [0.2, 0.25) is 0 Å². The van der Waals surface area contributed by atoms with Gasteiger partial charge < -0.3 is 29.8 Å². The molecule has 0 fully saturated rings. The van der Waals surface area contributed by atoms with Gasteiger partial charge >= 0.3 is 24.1 Å². The maximum absolute atomic E-state index is 12.6. The van der Waals surface area contributed by atoms with E-state index in [0.717, 1.165) is 12.8 Å². The molecule has 3 N–H and O–H groups in total. The number of carbonyl (C=O) groups excluding carboxylic acids is 3. The molecule has 10 heteroatoms. The molecule has 10 nitrogen and oxygen atoms in total. The van der Waals surface area contributed by atoms with Crippen LogP contribution in [0.15, 0.2) is 18.2 Å². The van der Waals surface area contributed by atoms with Crippen LogP contribution in [0.25, 0.3) is 0 Å². The van der Waals surface area contributed by atoms with Crippen molar-refractivity contribution in [3.05, 3.63) is 23.8 Å². The van der Waals surface area contributed by atoms with Gasteiger partial charge in [0, 0.05) is 25.7 Å². The number of rotatable bonds is 16. The molecule has 0 radical (unpaired) electrons. The Hall–Kier alpha value is -3.14. The molecule has 1 aromatic rings. The maximum Gasteiger partial charge on any atom is 0.508 e. The Morgan fingerprint density at radius 3 is 1.85 bits per heavy atom. The van der Waals surface area contributed by atoms with Crippen molar-refractivity contribution in [3.63, 3.8) is 0 Å². The lowest BCUT2D eigenvalue weighted by molar-refractivity contribution is -0.145. The molecule has 0 aromatic heterocycles. The Bertz CT molecular complexity index is 1010. The van der Waals surface area contributed by atoms with Crippen molar-refractivity contribution in [2.45, 2.75) is 112 Å². The van der Waals surface area contributed by atoms with E-state index in [9.17, 15) is 24.3 Å². The van der Waals surface area contributed by atoms with Crippen molar-refractivity contribution in [2.24, 2.45) is 23.5 Å². The van der Waals surface area contributed by atoms with Gasteiger partial charge in [-0.1, -0.05) is 60.5 Å². The van der Waals surface area contributed by atoms with Crippen LogP contribution in [-0.4, -0.2) is 46.9 Å². The number of ether oxygens (including phenoxy) is 4. The summed E-state index contributed by atoms with van der Waals surface area (Å²) < 4.78 is 21.5. The number of hydrogen-bond acceptors (Lipinski definition) is 9. The van der Waals surface area contributed by atoms with E-state index in [-0.39, 0.29) is 61.0 Å². The molecule has 0 aliphatic rings. The van der Waals surface area contributed by atoms with Crippen LogP contribution in [0.3, 0.4) is 0 Å². The Morgan fingerprint density at radius 2 is 1.38 bits per heavy atom. The van der Waals surface area contributed by atoms with Crippen molar-refractivity contribution in [3.8, 4) is 11.5 Å². The number of carbonyl (C=O) groups is 4. The molecule has 226 valence electrons. The number of nitrogens with two attached hydrogens (primary N) is 1. The van der Waals surface area contributed by atoms with Gasteiger partial charge in [-0.25, -0.2) is 4.79 Å². The summed E-state index contributed by atoms with van der Waals surface area (Å²) in [7, 11) is 0. The third-order valence-corrected chi connectivity index (χ3v) is 7.00. The number of carboxylic acids is 1. The first-order chi connectivity index (χ1) is 18.6. The zero-order valence-electron chi connectivity index (χ0n) is 25.2. The van der Waals surface area contributed by atoms with Gasteiger partial charge in [-0.15, -0.1) is 0 Å². The maximum atomic E-state index is 12.6. The molecule has 0 bridgehead atoms. The lowest BCUT2D eigenvalue weighted by Crippen LogP contribution is -2.52. The number of esters is 2. The van der Waals surface area contributed by atoms with Crippen molar-refractivity contribution in [1.82, 2.24) is 0 Å². The third-order valence-electron chi connectivity index (χ3n) is 7.00. The van der Waals surface area contributed by atoms with E-state index in [1.807, 2.05) is 41.5 Å². The first-order valence-corrected chi connectivity index (χ1v) is 14.0. The monoisotopic (exact) mass is 565 g/mol. The molecule has 0 aliphatic heterocycles. The van der Waals surface area contributed by atoms with Gasteiger partial charge in [0.15, 0.2) is 11.5 Å². The third kappa shape index (κ3) is 11.9. The lowest BCUT2D eigenvalue weighted by Gasteiger charge is -2.28. The van der Waals surface area contributed by atoms with E-state index in [2.05, 4.69) is 0 Å². The number of benzene rings is 1. The highest BCUT2D eigenvalue weighted by Gasteiger charge is 2.37. The van der Waals surface area contributed by atoms with E-state index >= 15 is 0 Å². The van der Waals surface area contributed by atoms with Crippen LogP contribution >= 0.6 is 0 Å². The SMILES string of the molecule is CCC(C)CC(=O)Oc1ccc(CC(N)(C[C@H](C)OC(=O)OC(C)C(C)C)C(=O)O)cc1OC(=O)CC(C)CC. The summed E-state index contributed by atoms with van der Waals surface area (Å²) in [6.45, 7) is 14.8. The average molecular weight is 566 g/mol. The Kier molecular flexibility index (Phi) is 14.1. The average Bonchev–Trinajstić information content (AvgIpc) is 2.84. The summed E-state index contributed by atoms with van der Waals surface area (Å²) in [5.74, 6) is -1.91. The molecule has 0 heterocycles. The number of aliphatic carboxylic acids is 1. The normalized spacial score (nSPS) is 15.8. The van der Waals surface area contributed by atoms with Gasteiger partial charge in [0.05, 0.1) is 0 Å². The molecular formula is C30H47NO9. The quantitative estimate of drug-likeness (QED) is 0.189. The molecule has 1 rings (SSSR count). The highest BCUT2D eigenvalue weighted by Crippen LogP contribution is 2.32. The first kappa shape index (κ1) is 34.9. The van der Waals surface area contributed by atoms with Crippen LogP contribution in [0.1, 0.15) is 93.1 Å². The predicted molar refractivity (Wildman–Crippen MR) is 150 cm³/mol. The van der Waals surface area contributed by atoms with E-state index in [0.29, 0.717) is 5.56 Å². The second kappa shape index (κ2) is 16.2. The molecule has 0 saturated heterocycles. The number of carboxylic acid groups (broad SMARTS) is 1. The topological polar surface area (TPSA) is 151 Å². The van der Waals surface area contributed by atoms with Crippen LogP contribution in [0.5, 0.6) is 11.5 Å². The van der Waals surface area contributed by atoms with E-state index in [4.69, 9.17) is 24.7 Å². The fourth-order valence-corrected chi connectivity index (χ4v) is 3.65. The fourth-order valence-electron chi connectivity index (χ4n) is 3.65. The molecular weight excluding hydrogens is 518 g/mol. The Balaban J connectivity index is 3.17. The molecule has 0 amide bonds. The van der Waals surface area contributed by atoms with Gasteiger partial charge in [0.1, 0.15) is 17.7 Å². The molecule has 1 aromatic carbocycles. The Morgan fingerprint density at radius 1 is 0.850 bits per heavy atom. The molecule has 0 spiro atoms. The fraction of sp³-hybridized carbons (Fsp3) is 0.667. The van der Waals surface area contributed by atoms with E-state index < -0.39 is 35.7 Å². The zero-order chi connectivity index (χ0) is 30.6. The number of hydrogen-bond donors (Lipinski definition) is 2. The summed E-state index contributed by atoms with van der Waals surface area (Å²) in [4.78, 5) is 49.4. The van der Waals surface area contributed by atoms with Crippen molar-refractivity contribution in [1.29, 1.82) is 0 Å². The summed E-state index contributed by atoms with van der Waals surface area (Å²) >= 11 is 0. The highest BCUT2D eigenvalue weighted by molar-refractivity contribution is 5.79. The summed E-state index contributed by atoms with van der Waals surface area (Å²) in [5.41, 5.74) is 4.91. The zero-order valence-corrected chi connectivity index (χ0v) is 25.2. The summed E-state index contributed by atoms with van der Waals surface area (Å²) in [6, 6.07) is 4.48. The highest BCUT2D eigenvalue weighted by atomic mass is 16.7. The van der Waals surface area contributed by atoms with Gasteiger partial charge in [-0.3, -0.25) is 14.4 Å². The standard InChI is InChI=1S/C30H47NO9/c1-9-19(5)13-26(32)39-24-12-11-23(15-25(24)40-27(33)14-20(6)10-2)17-30(31,28(34)35)16-21(7)37-29(36)38-22(8)18(3)4/h11-12,15,18-22H,9-10,13-14,16-17,31H2,1-8H3,(H,34,35)/t19?,20?,21-,22?,30?/m0/s1. The van der Waals surface area contributed by atoms with Crippen LogP contribution in [0.4, 0.5) is 4.79 Å². The van der Waals surface area contributed by atoms with Crippen molar-refractivity contribution in [2.75, 3.05) is 0 Å². The molecule has 4 unspecified atom stereocenters. The van der Waals surface area contributed by atoms with Gasteiger partial charge in [-0.2, -0.15) is 0 Å². The van der Waals surface area contributed by atoms with Crippen molar-refractivity contribution >= 4 is 24.1 Å².